The minimum atomic E-state index is -1.50. The van der Waals surface area contributed by atoms with Gasteiger partial charge in [0.1, 0.15) is 0 Å². The zero-order chi connectivity index (χ0) is 12.0. The molecule has 1 aromatic carbocycles. The summed E-state index contributed by atoms with van der Waals surface area (Å²) < 4.78 is 2.88. The second-order valence-electron chi connectivity index (χ2n) is 2.13. The number of nitrogen functional groups attached to an aromatic ring is 1. The fraction of sp³-hybridized carbons (Fsp3) is 0. The Morgan fingerprint density at radius 1 is 1.27 bits per heavy atom. The maximum absolute atomic E-state index is 8.36. The highest BCUT2D eigenvalue weighted by Crippen LogP contribution is 2.32. The summed E-state index contributed by atoms with van der Waals surface area (Å²) in [6.07, 6.45) is 0. The predicted octanol–water partition coefficient (Wildman–Crippen LogP) is 2.91. The lowest BCUT2D eigenvalue weighted by Crippen LogP contribution is -2.07. The van der Waals surface area contributed by atoms with Crippen molar-refractivity contribution in [3.8, 4) is 0 Å². The number of hydrogen-bond acceptors (Lipinski definition) is 4. The summed E-state index contributed by atoms with van der Waals surface area (Å²) in [5, 5.41) is 13.6. The molecule has 6 nitrogen and oxygen atoms in total. The van der Waals surface area contributed by atoms with Gasteiger partial charge in [-0.25, -0.2) is 0 Å². The molecule has 0 heterocycles. The predicted molar refractivity (Wildman–Crippen MR) is 66.1 cm³/mol. The average molecular weight is 408 g/mol. The largest absolute Gasteiger partial charge is 0.328 e. The molecule has 15 heavy (non-hydrogen) atoms. The van der Waals surface area contributed by atoms with Crippen LogP contribution in [0.5, 0.6) is 0 Å². The Labute approximate surface area is 110 Å². The zero-order valence-electron chi connectivity index (χ0n) is 7.08. The minimum absolute atomic E-state index is 0.847. The summed E-state index contributed by atoms with van der Waals surface area (Å²) in [4.78, 5) is 8.36. The number of halogens is 3. The van der Waals surface area contributed by atoms with Crippen LogP contribution in [0.3, 0.4) is 0 Å². The summed E-state index contributed by atoms with van der Waals surface area (Å²) >= 11 is 10.1. The number of rotatable bonds is 1. The third-order valence-corrected chi connectivity index (χ3v) is 3.67. The normalized spacial score (nSPS) is 8.80. The van der Waals surface area contributed by atoms with Gasteiger partial charge >= 0.3 is 0 Å². The molecule has 0 bridgehead atoms. The lowest BCUT2D eigenvalue weighted by molar-refractivity contribution is -0.742. The third kappa shape index (κ3) is 5.92. The van der Waals surface area contributed by atoms with E-state index < -0.39 is 5.09 Å². The van der Waals surface area contributed by atoms with Gasteiger partial charge in [0.05, 0.1) is 5.69 Å². The topological polar surface area (TPSA) is 101 Å². The molecule has 0 aromatic heterocycles. The van der Waals surface area contributed by atoms with Crippen LogP contribution in [0.15, 0.2) is 25.6 Å². The Hall–Kier alpha value is -0.380. The van der Waals surface area contributed by atoms with Crippen molar-refractivity contribution in [2.24, 2.45) is 5.84 Å². The first-order valence-electron chi connectivity index (χ1n) is 3.33. The number of benzene rings is 1. The van der Waals surface area contributed by atoms with Gasteiger partial charge in [-0.1, -0.05) is 0 Å². The van der Waals surface area contributed by atoms with E-state index >= 15 is 0 Å². The highest BCUT2D eigenvalue weighted by Gasteiger charge is 2.02. The van der Waals surface area contributed by atoms with Crippen LogP contribution in [-0.4, -0.2) is 10.3 Å². The van der Waals surface area contributed by atoms with Crippen LogP contribution in [0.1, 0.15) is 0 Å². The maximum Gasteiger partial charge on any atom is 0.291 e. The quantitative estimate of drug-likeness (QED) is 0.287. The Morgan fingerprint density at radius 3 is 2.07 bits per heavy atom. The van der Waals surface area contributed by atoms with Gasteiger partial charge < -0.3 is 10.6 Å². The van der Waals surface area contributed by atoms with Crippen LogP contribution in [0, 0.1) is 10.1 Å². The Kier molecular flexibility index (Phi) is 6.81. The average Bonchev–Trinajstić information content (AvgIpc) is 2.10. The van der Waals surface area contributed by atoms with Gasteiger partial charge in [-0.05, 0) is 59.9 Å². The lowest BCUT2D eigenvalue weighted by Gasteiger charge is -2.04. The highest BCUT2D eigenvalue weighted by atomic mass is 79.9. The zero-order valence-corrected chi connectivity index (χ0v) is 11.8. The van der Waals surface area contributed by atoms with E-state index in [1.165, 1.54) is 0 Å². The molecule has 0 saturated carbocycles. The van der Waals surface area contributed by atoms with E-state index in [-0.39, 0.29) is 0 Å². The minimum Gasteiger partial charge on any atom is -0.328 e. The molecule has 0 spiro atoms. The van der Waals surface area contributed by atoms with Gasteiger partial charge in [0.15, 0.2) is 0 Å². The molecule has 0 amide bonds. The number of hydrogen-bond donors (Lipinski definition) is 3. The molecule has 0 saturated heterocycles. The van der Waals surface area contributed by atoms with Crippen LogP contribution in [0.4, 0.5) is 5.69 Å². The molecular weight excluding hydrogens is 402 g/mol. The monoisotopic (exact) mass is 405 g/mol. The molecule has 0 aliphatic heterocycles. The molecule has 1 aromatic rings. The van der Waals surface area contributed by atoms with Gasteiger partial charge in [-0.15, -0.1) is 10.1 Å². The maximum atomic E-state index is 8.36. The highest BCUT2D eigenvalue weighted by molar-refractivity contribution is 9.13. The van der Waals surface area contributed by atoms with Gasteiger partial charge in [0, 0.05) is 13.4 Å². The van der Waals surface area contributed by atoms with E-state index in [9.17, 15) is 0 Å². The van der Waals surface area contributed by atoms with Crippen LogP contribution < -0.4 is 11.3 Å². The first-order chi connectivity index (χ1) is 6.88. The lowest BCUT2D eigenvalue weighted by atomic mass is 10.3. The van der Waals surface area contributed by atoms with E-state index in [0.29, 0.717) is 0 Å². The molecule has 0 radical (unpaired) electrons. The SMILES string of the molecule is NNc1cc(Br)c(Br)cc1Br.O=[N+]([O-])O. The van der Waals surface area contributed by atoms with Crippen LogP contribution in [0.2, 0.25) is 0 Å². The first kappa shape index (κ1) is 14.6. The number of nitrogens with zero attached hydrogens (tertiary/aromatic N) is 1. The van der Waals surface area contributed by atoms with Crippen molar-refractivity contribution in [1.82, 2.24) is 0 Å². The van der Waals surface area contributed by atoms with Crippen molar-refractivity contribution in [3.05, 3.63) is 35.7 Å². The molecule has 84 valence electrons. The summed E-state index contributed by atoms with van der Waals surface area (Å²) in [7, 11) is 0. The van der Waals surface area contributed by atoms with Crippen LogP contribution in [0.25, 0.3) is 0 Å². The van der Waals surface area contributed by atoms with E-state index in [1.54, 1.807) is 0 Å². The van der Waals surface area contributed by atoms with E-state index in [4.69, 9.17) is 21.2 Å². The standard InChI is InChI=1S/C6H5Br3N2.HNO3/c7-3-1-5(9)6(11-10)2-4(3)8;2-1(3)4/h1-2,11H,10H2;(H,2,3,4). The summed E-state index contributed by atoms with van der Waals surface area (Å²) in [5.74, 6) is 5.25. The van der Waals surface area contributed by atoms with Gasteiger partial charge in [0.2, 0.25) is 0 Å². The molecule has 0 unspecified atom stereocenters. The van der Waals surface area contributed by atoms with Crippen molar-refractivity contribution in [3.63, 3.8) is 0 Å². The molecule has 0 fully saturated rings. The first-order valence-corrected chi connectivity index (χ1v) is 5.70. The smallest absolute Gasteiger partial charge is 0.291 e. The van der Waals surface area contributed by atoms with Crippen molar-refractivity contribution >= 4 is 53.5 Å². The fourth-order valence-electron chi connectivity index (χ4n) is 0.633. The van der Waals surface area contributed by atoms with Crippen LogP contribution in [-0.2, 0) is 0 Å². The number of nitrogens with one attached hydrogen (secondary N) is 1. The van der Waals surface area contributed by atoms with Crippen molar-refractivity contribution < 1.29 is 10.3 Å². The summed E-state index contributed by atoms with van der Waals surface area (Å²) in [6, 6.07) is 3.80. The molecular formula is C6H6Br3N3O3. The van der Waals surface area contributed by atoms with Gasteiger partial charge in [-0.2, -0.15) is 0 Å². The fourth-order valence-corrected chi connectivity index (χ4v) is 2.08. The molecule has 9 heteroatoms. The van der Waals surface area contributed by atoms with Crippen molar-refractivity contribution in [1.29, 1.82) is 0 Å². The van der Waals surface area contributed by atoms with E-state index in [0.717, 1.165) is 19.1 Å². The molecule has 0 aliphatic carbocycles. The molecule has 0 aliphatic rings. The second-order valence-corrected chi connectivity index (χ2v) is 4.69. The number of anilines is 1. The van der Waals surface area contributed by atoms with Gasteiger partial charge in [-0.3, -0.25) is 5.84 Å². The van der Waals surface area contributed by atoms with E-state index in [2.05, 4.69) is 53.2 Å². The van der Waals surface area contributed by atoms with Crippen LogP contribution >= 0.6 is 47.8 Å². The molecule has 1 rings (SSSR count). The van der Waals surface area contributed by atoms with Crippen molar-refractivity contribution in [2.45, 2.75) is 0 Å². The number of nitrogens with two attached hydrogens (primary N) is 1. The Bertz CT molecular complexity index is 357. The number of hydrazine groups is 1. The Morgan fingerprint density at radius 2 is 1.67 bits per heavy atom. The summed E-state index contributed by atoms with van der Waals surface area (Å²) in [6.45, 7) is 0. The summed E-state index contributed by atoms with van der Waals surface area (Å²) in [5.41, 5.74) is 3.41. The molecule has 0 atom stereocenters. The van der Waals surface area contributed by atoms with E-state index in [1.807, 2.05) is 12.1 Å². The Balaban J connectivity index is 0.000000423. The van der Waals surface area contributed by atoms with Gasteiger partial charge in [0.25, 0.3) is 5.09 Å². The second kappa shape index (κ2) is 6.99. The van der Waals surface area contributed by atoms with Crippen molar-refractivity contribution in [2.75, 3.05) is 5.43 Å². The molecule has 4 N–H and O–H groups in total. The third-order valence-electron chi connectivity index (χ3n) is 1.17.